The van der Waals surface area contributed by atoms with Gasteiger partial charge in [-0.05, 0) is 32.8 Å². The molecule has 0 saturated heterocycles. The molecule has 0 aromatic carbocycles. The first-order chi connectivity index (χ1) is 8.40. The molecule has 0 fully saturated rings. The van der Waals surface area contributed by atoms with Crippen LogP contribution in [0.15, 0.2) is 12.3 Å². The van der Waals surface area contributed by atoms with Crippen LogP contribution in [-0.4, -0.2) is 21.1 Å². The number of hydrogen-bond donors (Lipinski definition) is 1. The van der Waals surface area contributed by atoms with Crippen LogP contribution >= 0.6 is 0 Å². The van der Waals surface area contributed by atoms with Gasteiger partial charge in [0.1, 0.15) is 0 Å². The van der Waals surface area contributed by atoms with Crippen LogP contribution in [0.1, 0.15) is 58.7 Å². The molecule has 2 atom stereocenters. The highest BCUT2D eigenvalue weighted by Gasteiger charge is 2.27. The smallest absolute Gasteiger partial charge is 0.158 e. The van der Waals surface area contributed by atoms with Crippen molar-refractivity contribution in [3.05, 3.63) is 18.0 Å². The number of carbonyl (C=O) groups is 1. The van der Waals surface area contributed by atoms with E-state index >= 15 is 0 Å². The molecular formula is C14H25N3O. The first-order valence-corrected chi connectivity index (χ1v) is 6.77. The average Bonchev–Trinajstić information content (AvgIpc) is 2.76. The SMILES string of the molecule is CCCC(C)(N)C(=O)Cc1ccn(C(C)CC)n1. The number of nitrogens with two attached hydrogens (primary N) is 1. The van der Waals surface area contributed by atoms with Crippen molar-refractivity contribution in [3.8, 4) is 0 Å². The molecule has 0 saturated carbocycles. The molecule has 18 heavy (non-hydrogen) atoms. The van der Waals surface area contributed by atoms with Gasteiger partial charge in [-0.25, -0.2) is 0 Å². The Morgan fingerprint density at radius 3 is 2.78 bits per heavy atom. The fourth-order valence-electron chi connectivity index (χ4n) is 1.93. The summed E-state index contributed by atoms with van der Waals surface area (Å²) in [5.41, 5.74) is 6.11. The Kier molecular flexibility index (Phi) is 5.08. The lowest BCUT2D eigenvalue weighted by atomic mass is 9.90. The topological polar surface area (TPSA) is 60.9 Å². The fourth-order valence-corrected chi connectivity index (χ4v) is 1.93. The van der Waals surface area contributed by atoms with Gasteiger partial charge in [-0.2, -0.15) is 5.10 Å². The van der Waals surface area contributed by atoms with Crippen LogP contribution in [0.5, 0.6) is 0 Å². The maximum absolute atomic E-state index is 12.1. The van der Waals surface area contributed by atoms with Crippen molar-refractivity contribution in [2.75, 3.05) is 0 Å². The predicted octanol–water partition coefficient (Wildman–Crippen LogP) is 2.48. The van der Waals surface area contributed by atoms with Gasteiger partial charge >= 0.3 is 0 Å². The molecule has 4 heteroatoms. The minimum absolute atomic E-state index is 0.0683. The highest BCUT2D eigenvalue weighted by atomic mass is 16.1. The van der Waals surface area contributed by atoms with E-state index in [1.54, 1.807) is 0 Å². The van der Waals surface area contributed by atoms with Crippen LogP contribution < -0.4 is 5.73 Å². The maximum Gasteiger partial charge on any atom is 0.158 e. The standard InChI is InChI=1S/C14H25N3O/c1-5-8-14(4,15)13(18)10-12-7-9-17(16-12)11(3)6-2/h7,9,11H,5-6,8,10,15H2,1-4H3. The van der Waals surface area contributed by atoms with Crippen LogP contribution in [0, 0.1) is 0 Å². The summed E-state index contributed by atoms with van der Waals surface area (Å²) >= 11 is 0. The van der Waals surface area contributed by atoms with E-state index in [0.717, 1.165) is 25.0 Å². The number of aromatic nitrogens is 2. The van der Waals surface area contributed by atoms with E-state index in [0.29, 0.717) is 12.5 Å². The van der Waals surface area contributed by atoms with Crippen molar-refractivity contribution in [1.29, 1.82) is 0 Å². The van der Waals surface area contributed by atoms with Crippen molar-refractivity contribution in [2.45, 2.75) is 65.0 Å². The second-order valence-corrected chi connectivity index (χ2v) is 5.31. The monoisotopic (exact) mass is 251 g/mol. The van der Waals surface area contributed by atoms with E-state index < -0.39 is 5.54 Å². The predicted molar refractivity (Wildman–Crippen MR) is 73.4 cm³/mol. The van der Waals surface area contributed by atoms with Crippen molar-refractivity contribution < 1.29 is 4.79 Å². The molecule has 0 aliphatic heterocycles. The molecule has 1 aromatic heterocycles. The molecule has 1 rings (SSSR count). The zero-order valence-corrected chi connectivity index (χ0v) is 11.9. The molecule has 0 radical (unpaired) electrons. The normalized spacial score (nSPS) is 16.3. The number of carbonyl (C=O) groups excluding carboxylic acids is 1. The zero-order valence-electron chi connectivity index (χ0n) is 11.9. The van der Waals surface area contributed by atoms with Gasteiger partial charge in [-0.3, -0.25) is 9.48 Å². The molecule has 4 nitrogen and oxygen atoms in total. The maximum atomic E-state index is 12.1. The van der Waals surface area contributed by atoms with Crippen molar-refractivity contribution in [1.82, 2.24) is 9.78 Å². The van der Waals surface area contributed by atoms with Gasteiger partial charge in [-0.15, -0.1) is 0 Å². The third-order valence-corrected chi connectivity index (χ3v) is 3.45. The molecule has 0 bridgehead atoms. The number of hydrogen-bond acceptors (Lipinski definition) is 3. The van der Waals surface area contributed by atoms with Gasteiger partial charge in [0, 0.05) is 12.2 Å². The second kappa shape index (κ2) is 6.14. The molecule has 0 spiro atoms. The van der Waals surface area contributed by atoms with Crippen LogP contribution in [0.4, 0.5) is 0 Å². The van der Waals surface area contributed by atoms with Gasteiger partial charge in [-0.1, -0.05) is 20.3 Å². The zero-order chi connectivity index (χ0) is 13.8. The molecule has 0 amide bonds. The second-order valence-electron chi connectivity index (χ2n) is 5.31. The molecule has 102 valence electrons. The van der Waals surface area contributed by atoms with Gasteiger partial charge in [0.25, 0.3) is 0 Å². The lowest BCUT2D eigenvalue weighted by Crippen LogP contribution is -2.45. The Hall–Kier alpha value is -1.16. The molecule has 0 aliphatic carbocycles. The largest absolute Gasteiger partial charge is 0.319 e. The van der Waals surface area contributed by atoms with Crippen LogP contribution in [-0.2, 0) is 11.2 Å². The van der Waals surface area contributed by atoms with E-state index in [1.165, 1.54) is 0 Å². The molecule has 2 N–H and O–H groups in total. The number of nitrogens with zero attached hydrogens (tertiary/aromatic N) is 2. The number of Topliss-reactive ketones (excluding diaryl/α,β-unsaturated/α-hetero) is 1. The number of ketones is 1. The summed E-state index contributed by atoms with van der Waals surface area (Å²) in [5, 5.41) is 4.43. The van der Waals surface area contributed by atoms with Gasteiger partial charge in [0.05, 0.1) is 17.7 Å². The van der Waals surface area contributed by atoms with Gasteiger partial charge in [0.15, 0.2) is 5.78 Å². The third-order valence-electron chi connectivity index (χ3n) is 3.45. The summed E-state index contributed by atoms with van der Waals surface area (Å²) in [6.45, 7) is 8.08. The fraction of sp³-hybridized carbons (Fsp3) is 0.714. The Labute approximate surface area is 110 Å². The van der Waals surface area contributed by atoms with Crippen LogP contribution in [0.3, 0.4) is 0 Å². The Morgan fingerprint density at radius 2 is 2.22 bits per heavy atom. The van der Waals surface area contributed by atoms with E-state index in [4.69, 9.17) is 5.73 Å². The van der Waals surface area contributed by atoms with E-state index in [2.05, 4.69) is 18.9 Å². The summed E-state index contributed by atoms with van der Waals surface area (Å²) < 4.78 is 1.91. The lowest BCUT2D eigenvalue weighted by molar-refractivity contribution is -0.123. The lowest BCUT2D eigenvalue weighted by Gasteiger charge is -2.21. The van der Waals surface area contributed by atoms with Crippen LogP contribution in [0.25, 0.3) is 0 Å². The summed E-state index contributed by atoms with van der Waals surface area (Å²) in [4.78, 5) is 12.1. The molecule has 0 aliphatic rings. The summed E-state index contributed by atoms with van der Waals surface area (Å²) in [6.07, 6.45) is 4.93. The minimum Gasteiger partial charge on any atom is -0.319 e. The van der Waals surface area contributed by atoms with Crippen molar-refractivity contribution in [2.24, 2.45) is 5.73 Å². The van der Waals surface area contributed by atoms with Crippen molar-refractivity contribution >= 4 is 5.78 Å². The highest BCUT2D eigenvalue weighted by molar-refractivity contribution is 5.89. The van der Waals surface area contributed by atoms with E-state index in [-0.39, 0.29) is 5.78 Å². The Balaban J connectivity index is 2.68. The minimum atomic E-state index is -0.727. The number of rotatable bonds is 7. The summed E-state index contributed by atoms with van der Waals surface area (Å²) in [7, 11) is 0. The average molecular weight is 251 g/mol. The summed E-state index contributed by atoms with van der Waals surface area (Å²) in [5.74, 6) is 0.0683. The van der Waals surface area contributed by atoms with Crippen molar-refractivity contribution in [3.63, 3.8) is 0 Å². The summed E-state index contributed by atoms with van der Waals surface area (Å²) in [6, 6.07) is 2.28. The van der Waals surface area contributed by atoms with Crippen LogP contribution in [0.2, 0.25) is 0 Å². The molecule has 2 unspecified atom stereocenters. The van der Waals surface area contributed by atoms with E-state index in [9.17, 15) is 4.79 Å². The molecule has 1 aromatic rings. The molecular weight excluding hydrogens is 226 g/mol. The molecule has 1 heterocycles. The van der Waals surface area contributed by atoms with E-state index in [1.807, 2.05) is 30.8 Å². The Bertz CT molecular complexity index is 395. The highest BCUT2D eigenvalue weighted by Crippen LogP contribution is 2.14. The third kappa shape index (κ3) is 3.67. The quantitative estimate of drug-likeness (QED) is 0.810. The first-order valence-electron chi connectivity index (χ1n) is 6.77. The van der Waals surface area contributed by atoms with Gasteiger partial charge in [0.2, 0.25) is 0 Å². The first kappa shape index (κ1) is 14.9. The Morgan fingerprint density at radius 1 is 1.56 bits per heavy atom. The van der Waals surface area contributed by atoms with Gasteiger partial charge < -0.3 is 5.73 Å².